The molecule has 1 aliphatic carbocycles. The van der Waals surface area contributed by atoms with Crippen LogP contribution in [0.1, 0.15) is 48.2 Å². The van der Waals surface area contributed by atoms with Crippen LogP contribution in [0, 0.1) is 6.92 Å². The molecule has 40 heavy (non-hydrogen) atoms. The molecule has 3 heterocycles. The first kappa shape index (κ1) is 32.5. The summed E-state index contributed by atoms with van der Waals surface area (Å²) in [6.07, 6.45) is 4.61. The van der Waals surface area contributed by atoms with Gasteiger partial charge in [-0.25, -0.2) is 0 Å². The average molecular weight is 661 g/mol. The summed E-state index contributed by atoms with van der Waals surface area (Å²) < 4.78 is 2.40. The van der Waals surface area contributed by atoms with Gasteiger partial charge in [0.05, 0.1) is 8.07 Å². The molecule has 0 spiro atoms. The first-order chi connectivity index (χ1) is 17.9. The van der Waals surface area contributed by atoms with E-state index >= 15 is 0 Å². The minimum atomic E-state index is -1.17. The van der Waals surface area contributed by atoms with Gasteiger partial charge >= 0.3 is 26.2 Å². The first-order valence-electron chi connectivity index (χ1n) is 13.6. The fourth-order valence-corrected chi connectivity index (χ4v) is 11.2. The summed E-state index contributed by atoms with van der Waals surface area (Å²) in [7, 11) is -1.17. The zero-order valence-corrected chi connectivity index (χ0v) is 28.9. The molecule has 1 unspecified atom stereocenters. The van der Waals surface area contributed by atoms with Crippen LogP contribution in [0.25, 0.3) is 32.8 Å². The second kappa shape index (κ2) is 12.9. The van der Waals surface area contributed by atoms with E-state index in [1.165, 1.54) is 57.1 Å². The van der Waals surface area contributed by atoms with Crippen molar-refractivity contribution in [2.75, 3.05) is 0 Å². The Kier molecular flexibility index (Phi) is 10.4. The van der Waals surface area contributed by atoms with Gasteiger partial charge in [0, 0.05) is 23.1 Å². The van der Waals surface area contributed by atoms with E-state index in [9.17, 15) is 0 Å². The standard InChI is InChI=1S/C19H19.C16H17NSi.2ClH.Zr/c1-3-5-15-8-10-16(11-9-15)18-7-4-6-17-12-14(2)13-19(17)18;1-11-15-13-9-10-17(12-7-5-4-6-8-12)14(13)16(11)18(15,2)3;;;/h4,6-13H,3,5H2,1-2H3;4-10,16H,1-3H3;2*1H;/q-1;;;;+3/p-2. The number of rotatable bonds is 4. The van der Waals surface area contributed by atoms with E-state index in [-0.39, 0.29) is 51.0 Å². The molecule has 0 saturated heterocycles. The van der Waals surface area contributed by atoms with Crippen LogP contribution in [0.4, 0.5) is 0 Å². The van der Waals surface area contributed by atoms with Crippen LogP contribution < -0.4 is 24.8 Å². The van der Waals surface area contributed by atoms with Crippen LogP contribution in [-0.2, 0) is 32.6 Å². The minimum Gasteiger partial charge on any atom is -1.00 e. The Bertz CT molecular complexity index is 1630. The van der Waals surface area contributed by atoms with Crippen molar-refractivity contribution in [2.45, 2.75) is 52.2 Å². The van der Waals surface area contributed by atoms with Crippen molar-refractivity contribution in [2.24, 2.45) is 0 Å². The van der Waals surface area contributed by atoms with Gasteiger partial charge in [-0.1, -0.05) is 98.2 Å². The number of benzene rings is 3. The SMILES string of the molecule is CC1=C2c3ccn(-c4ccccc4)c3C1[Si]2(C)C.CCCc1ccc(-c2cccc3[cH-]c(C)cc23)cc1.[Cl-].[Cl-].[Zr+3]. The van der Waals surface area contributed by atoms with Gasteiger partial charge in [-0.05, 0) is 48.2 Å². The summed E-state index contributed by atoms with van der Waals surface area (Å²) >= 11 is 0. The van der Waals surface area contributed by atoms with Gasteiger partial charge in [0.2, 0.25) is 0 Å². The van der Waals surface area contributed by atoms with Crippen LogP contribution in [0.5, 0.6) is 0 Å². The summed E-state index contributed by atoms with van der Waals surface area (Å²) in [4.78, 5) is 0. The molecular formula is C35H36Cl2NSiZr. The molecular weight excluding hydrogens is 625 g/mol. The molecule has 1 aromatic heterocycles. The maximum atomic E-state index is 2.51. The van der Waals surface area contributed by atoms with E-state index in [1.807, 2.05) is 0 Å². The number of halogens is 2. The Hall–Kier alpha value is -2.03. The summed E-state index contributed by atoms with van der Waals surface area (Å²) in [6, 6.07) is 33.2. The monoisotopic (exact) mass is 658 g/mol. The maximum absolute atomic E-state index is 2.51. The predicted octanol–water partition coefficient (Wildman–Crippen LogP) is 3.64. The van der Waals surface area contributed by atoms with Gasteiger partial charge in [0.1, 0.15) is 0 Å². The van der Waals surface area contributed by atoms with Crippen LogP contribution in [0.2, 0.25) is 13.1 Å². The molecule has 0 amide bonds. The fraction of sp³-hybridized carbons (Fsp3) is 0.229. The quantitative estimate of drug-likeness (QED) is 0.205. The Morgan fingerprint density at radius 3 is 2.17 bits per heavy atom. The Morgan fingerprint density at radius 1 is 0.825 bits per heavy atom. The third-order valence-electron chi connectivity index (χ3n) is 8.39. The minimum absolute atomic E-state index is 0. The maximum Gasteiger partial charge on any atom is 3.00 e. The Morgan fingerprint density at radius 2 is 1.52 bits per heavy atom. The van der Waals surface area contributed by atoms with Crippen molar-refractivity contribution in [3.05, 3.63) is 125 Å². The number of hydrogen-bond donors (Lipinski definition) is 0. The molecule has 0 N–H and O–H groups in total. The van der Waals surface area contributed by atoms with Crippen molar-refractivity contribution in [1.29, 1.82) is 0 Å². The van der Waals surface area contributed by atoms with E-state index in [4.69, 9.17) is 0 Å². The zero-order valence-electron chi connectivity index (χ0n) is 23.9. The normalized spacial score (nSPS) is 15.6. The second-order valence-electron chi connectivity index (χ2n) is 11.3. The number of hydrogen-bond acceptors (Lipinski definition) is 0. The Labute approximate surface area is 272 Å². The average Bonchev–Trinajstić information content (AvgIpc) is 3.61. The number of allylic oxidation sites excluding steroid dienone is 1. The van der Waals surface area contributed by atoms with Crippen LogP contribution >= 0.6 is 0 Å². The molecule has 3 aliphatic rings. The fourth-order valence-electron chi connectivity index (χ4n) is 6.91. The van der Waals surface area contributed by atoms with Gasteiger partial charge in [0.25, 0.3) is 0 Å². The predicted molar refractivity (Wildman–Crippen MR) is 162 cm³/mol. The number of para-hydroxylation sites is 1. The molecule has 2 bridgehead atoms. The van der Waals surface area contributed by atoms with Gasteiger partial charge in [0.15, 0.2) is 0 Å². The van der Waals surface area contributed by atoms with E-state index < -0.39 is 8.07 Å². The van der Waals surface area contributed by atoms with E-state index in [0.717, 1.165) is 5.54 Å². The molecule has 8 rings (SSSR count). The number of nitrogens with zero attached hydrogens (tertiary/aromatic N) is 1. The van der Waals surface area contributed by atoms with Crippen molar-refractivity contribution >= 4 is 24.0 Å². The van der Waals surface area contributed by atoms with Crippen molar-refractivity contribution in [1.82, 2.24) is 4.57 Å². The number of fused-ring (bicyclic) bond motifs is 1. The van der Waals surface area contributed by atoms with E-state index in [1.54, 1.807) is 16.5 Å². The molecule has 203 valence electrons. The van der Waals surface area contributed by atoms with E-state index in [0.29, 0.717) is 0 Å². The third-order valence-corrected chi connectivity index (χ3v) is 12.5. The third kappa shape index (κ3) is 5.43. The molecule has 0 fully saturated rings. The van der Waals surface area contributed by atoms with Gasteiger partial charge in [-0.2, -0.15) is 6.07 Å². The van der Waals surface area contributed by atoms with Crippen molar-refractivity contribution in [3.8, 4) is 16.8 Å². The number of aryl methyl sites for hydroxylation is 2. The van der Waals surface area contributed by atoms with Crippen LogP contribution in [0.3, 0.4) is 0 Å². The van der Waals surface area contributed by atoms with Crippen molar-refractivity contribution < 1.29 is 51.0 Å². The largest absolute Gasteiger partial charge is 3.00 e. The Balaban J connectivity index is 0.000000205. The summed E-state index contributed by atoms with van der Waals surface area (Å²) in [6.45, 7) is 11.7. The smallest absolute Gasteiger partial charge is 1.00 e. The zero-order chi connectivity index (χ0) is 25.7. The van der Waals surface area contributed by atoms with E-state index in [2.05, 4.69) is 136 Å². The summed E-state index contributed by atoms with van der Waals surface area (Å²) in [5.41, 5.74) is 12.2. The number of aromatic nitrogens is 1. The van der Waals surface area contributed by atoms with Crippen LogP contribution in [-0.4, -0.2) is 12.6 Å². The molecule has 1 radical (unpaired) electrons. The molecule has 5 heteroatoms. The summed E-state index contributed by atoms with van der Waals surface area (Å²) in [5, 5.41) is 4.42. The molecule has 2 aliphatic heterocycles. The molecule has 4 aromatic carbocycles. The van der Waals surface area contributed by atoms with Crippen LogP contribution in [0.15, 0.2) is 103 Å². The summed E-state index contributed by atoms with van der Waals surface area (Å²) in [5.74, 6) is 0. The first-order valence-corrected chi connectivity index (χ1v) is 16.7. The van der Waals surface area contributed by atoms with Gasteiger partial charge < -0.3 is 29.4 Å². The van der Waals surface area contributed by atoms with Crippen molar-refractivity contribution in [3.63, 3.8) is 0 Å². The molecule has 5 aromatic rings. The van der Waals surface area contributed by atoms with Gasteiger partial charge in [-0.3, -0.25) is 0 Å². The topological polar surface area (TPSA) is 4.93 Å². The molecule has 1 nitrogen and oxygen atoms in total. The van der Waals surface area contributed by atoms with Gasteiger partial charge in [-0.15, -0.1) is 34.5 Å². The molecule has 0 saturated carbocycles. The second-order valence-corrected chi connectivity index (χ2v) is 15.8. The molecule has 1 atom stereocenters.